The van der Waals surface area contributed by atoms with Gasteiger partial charge >= 0.3 is 25.0 Å². The van der Waals surface area contributed by atoms with Crippen molar-refractivity contribution in [3.63, 3.8) is 0 Å². The molecule has 2 unspecified atom stereocenters. The van der Waals surface area contributed by atoms with Crippen LogP contribution in [0.3, 0.4) is 0 Å². The summed E-state index contributed by atoms with van der Waals surface area (Å²) >= 11 is 11.0. The second kappa shape index (κ2) is 89.6. The van der Waals surface area contributed by atoms with E-state index in [1.165, 1.54) is 81.3 Å². The van der Waals surface area contributed by atoms with E-state index in [2.05, 4.69) is 114 Å². The number of nitrogens with zero attached hydrogens (tertiary/aromatic N) is 16. The number of benzene rings is 5. The minimum Gasteiger partial charge on any atom is -0.422 e. The van der Waals surface area contributed by atoms with Gasteiger partial charge in [-0.05, 0) is 212 Å². The number of aliphatic hydroxyl groups is 3. The predicted molar refractivity (Wildman–Crippen MR) is 469 cm³/mol. The van der Waals surface area contributed by atoms with E-state index >= 15 is 0 Å². The van der Waals surface area contributed by atoms with Crippen LogP contribution >= 0.6 is 36.0 Å². The van der Waals surface area contributed by atoms with Crippen LogP contribution in [-0.4, -0.2) is 151 Å². The zero-order chi connectivity index (χ0) is 93.5. The number of azide groups is 5. The molecule has 0 radical (unpaired) electrons. The SMILES string of the molecule is CCCCC.CCCCC.CS(=O)(=O)c1ccc(F)cc1.CSc1ccc(F)cc1.Fc1ccc(S)cc1.OCCCCCCCl.[CH2-]CCC.[Li+].[N-]=[N+]=NC(CS(=O)(=O)c1ccc(F)cc1)OC(=O)ON1C(=O)CCC1=O.[N-]=[N+]=NC(O)CS(=O)(=O)c1ccc(F)cc1.[N-]=[N+]=NCCCCCC=O.[N-]=[N+]=NCCCCCC=O.[N-]=[N+]=NCCCCCCO. The van der Waals surface area contributed by atoms with Gasteiger partial charge in [-0.3, -0.25) is 14.4 Å². The van der Waals surface area contributed by atoms with Crippen LogP contribution in [0.2, 0.25) is 0 Å². The van der Waals surface area contributed by atoms with Crippen LogP contribution < -0.4 is 18.9 Å². The Hall–Kier alpha value is -8.63. The standard InChI is InChI=1S/C13H11FN4O7S.C8H8FN3O3S.C7H7FO2S.C7H7FS.C6H13ClO.C6H5FS.C6H13N3O.2C6H11N3O.2C5H12.C4H9.Li/c14-8-1-3-9(4-2-8)26(22,23)7-10(16-17-15)24-13(21)25-18-11(19)5-6-12(18)20;9-6-1-3-7(4-2-6)16(14,15)5-8(13)11-12-10;1-11(9,10)7-4-2-6(8)3-5-7;1-9-7-4-2-6(8)3-5-7;7-5-3-1-2-4-6-8;7-5-1-3-6(8)4-2-5;3*7-9-8-5-3-1-2-4-6-10;2*1-3-5-4-2;1-3-4-2;/h1-4,10H,5-7H2;1-4,8,13H,5H2;2-5H,1H3;2-5H,1H3;8H,1-6H2;1-4,8H;10H,1-6H2;2*6H,1-5H2;2*3-5H2,1-2H3;1,3-4H2,2H3;/q;;;;;;;;;;;-1;+1. The molecule has 44 heteroatoms. The summed E-state index contributed by atoms with van der Waals surface area (Å²) in [6.45, 7) is 16.8. The van der Waals surface area contributed by atoms with Gasteiger partial charge in [-0.25, -0.2) is 52.0 Å². The van der Waals surface area contributed by atoms with Crippen LogP contribution in [0.4, 0.5) is 26.7 Å². The Morgan fingerprint density at radius 3 is 1.14 bits per heavy atom. The molecule has 1 aliphatic rings. The van der Waals surface area contributed by atoms with Crippen LogP contribution in [0.25, 0.3) is 52.2 Å². The van der Waals surface area contributed by atoms with Crippen molar-refractivity contribution < 1.29 is 115 Å². The molecule has 0 saturated carbocycles. The molecule has 2 atom stereocenters. The molecule has 1 fully saturated rings. The topological polar surface area (TPSA) is 514 Å². The number of ether oxygens (including phenoxy) is 1. The zero-order valence-corrected chi connectivity index (χ0v) is 76.2. The number of sulfone groups is 3. The molecule has 0 aromatic heterocycles. The zero-order valence-electron chi connectivity index (χ0n) is 71.3. The van der Waals surface area contributed by atoms with Gasteiger partial charge in [0.15, 0.2) is 35.7 Å². The molecular weight excluding hydrogens is 1730 g/mol. The monoisotopic (exact) mass is 1840 g/mol. The van der Waals surface area contributed by atoms with Crippen LogP contribution in [0.1, 0.15) is 202 Å². The fraction of sp³-hybridized carbons (Fsp3) is 0.544. The summed E-state index contributed by atoms with van der Waals surface area (Å²) in [5, 5.41) is 41.9. The van der Waals surface area contributed by atoms with Crippen molar-refractivity contribution in [2.75, 3.05) is 62.7 Å². The number of carbonyl (C=O) groups excluding carboxylic acids is 5. The van der Waals surface area contributed by atoms with Gasteiger partial charge in [0.25, 0.3) is 11.8 Å². The number of carbonyl (C=O) groups is 5. The second-order valence-corrected chi connectivity index (χ2v) is 32.5. The first-order chi connectivity index (χ1) is 58.2. The molecule has 32 nitrogen and oxygen atoms in total. The number of hydroxylamine groups is 2. The van der Waals surface area contributed by atoms with E-state index in [4.69, 9.17) is 54.6 Å². The van der Waals surface area contributed by atoms with Crippen LogP contribution in [0, 0.1) is 36.0 Å². The smallest absolute Gasteiger partial charge is 0.422 e. The molecular formula is C79H119ClF5LiN16O16S5. The number of imide groups is 1. The van der Waals surface area contributed by atoms with E-state index < -0.39 is 88.9 Å². The van der Waals surface area contributed by atoms with Crippen molar-refractivity contribution in [2.45, 2.75) is 238 Å². The van der Waals surface area contributed by atoms with E-state index in [0.717, 1.165) is 191 Å². The molecule has 684 valence electrons. The van der Waals surface area contributed by atoms with Gasteiger partial charge in [0, 0.05) is 105 Å². The predicted octanol–water partition coefficient (Wildman–Crippen LogP) is 19.3. The van der Waals surface area contributed by atoms with Crippen molar-refractivity contribution in [1.82, 2.24) is 5.06 Å². The van der Waals surface area contributed by atoms with E-state index in [1.54, 1.807) is 36.0 Å². The Morgan fingerprint density at radius 1 is 0.520 bits per heavy atom. The minimum absolute atomic E-state index is 0. The van der Waals surface area contributed by atoms with E-state index in [-0.39, 0.29) is 69.7 Å². The molecule has 1 aliphatic heterocycles. The van der Waals surface area contributed by atoms with Crippen molar-refractivity contribution in [3.05, 3.63) is 210 Å². The Balaban J connectivity index is -0.000000248. The minimum atomic E-state index is -4.10. The molecule has 0 aliphatic carbocycles. The molecule has 5 aromatic carbocycles. The third-order valence-electron chi connectivity index (χ3n) is 14.3. The van der Waals surface area contributed by atoms with Crippen LogP contribution in [-0.2, 0) is 58.3 Å². The molecule has 3 N–H and O–H groups in total. The normalized spacial score (nSPS) is 10.9. The summed E-state index contributed by atoms with van der Waals surface area (Å²) in [4.78, 5) is 72.4. The first-order valence-electron chi connectivity index (χ1n) is 38.8. The number of aliphatic hydroxyl groups excluding tert-OH is 3. The fourth-order valence-electron chi connectivity index (χ4n) is 7.88. The van der Waals surface area contributed by atoms with E-state index in [1.807, 2.05) is 6.26 Å². The van der Waals surface area contributed by atoms with Gasteiger partial charge in [0.1, 0.15) is 47.9 Å². The van der Waals surface area contributed by atoms with Gasteiger partial charge in [0.2, 0.25) is 0 Å². The average Bonchev–Trinajstić information content (AvgIpc) is 1.69. The molecule has 6 rings (SSSR count). The quantitative estimate of drug-likeness (QED) is 0.00224. The maximum Gasteiger partial charge on any atom is 1.00 e. The molecule has 5 aromatic rings. The van der Waals surface area contributed by atoms with Gasteiger partial charge in [-0.2, -0.15) is 6.42 Å². The van der Waals surface area contributed by atoms with Crippen molar-refractivity contribution in [3.8, 4) is 0 Å². The Morgan fingerprint density at radius 2 is 0.846 bits per heavy atom. The maximum atomic E-state index is 12.9. The molecule has 2 amide bonds. The largest absolute Gasteiger partial charge is 1.00 e. The van der Waals surface area contributed by atoms with Gasteiger partial charge in [-0.1, -0.05) is 144 Å². The Bertz CT molecular complexity index is 4050. The van der Waals surface area contributed by atoms with Gasteiger partial charge in [-0.15, -0.1) is 36.0 Å². The maximum absolute atomic E-state index is 12.9. The second-order valence-electron chi connectivity index (χ2n) is 24.6. The number of amides is 2. The number of rotatable bonds is 40. The van der Waals surface area contributed by atoms with Crippen molar-refractivity contribution >= 4 is 96.0 Å². The van der Waals surface area contributed by atoms with Gasteiger partial charge < -0.3 is 36.6 Å². The summed E-state index contributed by atoms with van der Waals surface area (Å²) in [6.07, 6.45) is 24.8. The molecule has 1 heterocycles. The number of hydrogen-bond donors (Lipinski definition) is 4. The first-order valence-corrected chi connectivity index (χ1v) is 46.2. The number of alkyl halides is 1. The van der Waals surface area contributed by atoms with Crippen molar-refractivity contribution in [2.24, 2.45) is 25.6 Å². The van der Waals surface area contributed by atoms with E-state index in [9.17, 15) is 71.2 Å². The van der Waals surface area contributed by atoms with E-state index in [0.29, 0.717) is 39.1 Å². The summed E-state index contributed by atoms with van der Waals surface area (Å²) in [5.74, 6) is -4.52. The molecule has 1 saturated heterocycles. The summed E-state index contributed by atoms with van der Waals surface area (Å²) in [5.41, 5.74) is 40.1. The number of halogens is 6. The third kappa shape index (κ3) is 84.0. The Kier molecular flexibility index (Phi) is 92.9. The number of thioether (sulfide) groups is 1. The first kappa shape index (κ1) is 128. The summed E-state index contributed by atoms with van der Waals surface area (Å²) in [6, 6.07) is 25.1. The summed E-state index contributed by atoms with van der Waals surface area (Å²) < 4.78 is 136. The van der Waals surface area contributed by atoms with Crippen LogP contribution in [0.5, 0.6) is 0 Å². The number of aldehydes is 2. The molecule has 0 bridgehead atoms. The molecule has 0 spiro atoms. The summed E-state index contributed by atoms with van der Waals surface area (Å²) in [7, 11) is -11.1. The van der Waals surface area contributed by atoms with Crippen molar-refractivity contribution in [1.29, 1.82) is 0 Å². The number of hydrogen-bond acceptors (Lipinski definition) is 23. The number of unbranched alkanes of at least 4 members (excludes halogenated alkanes) is 17. The third-order valence-corrected chi connectivity index (χ3v) is 20.2. The Labute approximate surface area is 747 Å². The average molecular weight is 1850 g/mol. The number of thiol groups is 1. The van der Waals surface area contributed by atoms with Crippen LogP contribution in [0.15, 0.2) is 171 Å². The van der Waals surface area contributed by atoms with Gasteiger partial charge in [0.05, 0.1) is 26.2 Å². The molecule has 123 heavy (non-hydrogen) atoms. The fourth-order valence-corrected chi connectivity index (χ4v) is 11.7.